The van der Waals surface area contributed by atoms with Gasteiger partial charge in [-0.05, 0) is 41.5 Å². The topological polar surface area (TPSA) is 42.2 Å². The molecule has 0 aliphatic carbocycles. The molecule has 0 aromatic heterocycles. The second kappa shape index (κ2) is 5.68. The standard InChI is InChI=1S/C17H12FNO2/c18-15-4-2-13(3-5-15)14(11-19)9-12-1-6-16-17(10-12)21-8-7-20-16/h1-6,9-10H,7-8H2. The van der Waals surface area contributed by atoms with Crippen molar-refractivity contribution in [3.8, 4) is 17.6 Å². The van der Waals surface area contributed by atoms with Crippen molar-refractivity contribution in [1.29, 1.82) is 5.26 Å². The number of benzene rings is 2. The Balaban J connectivity index is 1.95. The molecule has 0 bridgehead atoms. The molecule has 1 heterocycles. The van der Waals surface area contributed by atoms with E-state index in [9.17, 15) is 9.65 Å². The fourth-order valence-electron chi connectivity index (χ4n) is 2.13. The van der Waals surface area contributed by atoms with Crippen molar-refractivity contribution in [2.24, 2.45) is 0 Å². The quantitative estimate of drug-likeness (QED) is 0.623. The molecule has 0 amide bonds. The molecule has 1 aliphatic rings. The lowest BCUT2D eigenvalue weighted by Gasteiger charge is -2.18. The van der Waals surface area contributed by atoms with Crippen LogP contribution in [0.2, 0.25) is 0 Å². The number of allylic oxidation sites excluding steroid dienone is 1. The first-order valence-electron chi connectivity index (χ1n) is 6.53. The Morgan fingerprint density at radius 3 is 2.48 bits per heavy atom. The number of hydrogen-bond acceptors (Lipinski definition) is 3. The zero-order valence-electron chi connectivity index (χ0n) is 11.2. The number of fused-ring (bicyclic) bond motifs is 1. The zero-order chi connectivity index (χ0) is 14.7. The molecular formula is C17H12FNO2. The molecule has 2 aromatic rings. The number of nitriles is 1. The van der Waals surface area contributed by atoms with Gasteiger partial charge in [-0.25, -0.2) is 4.39 Å². The lowest BCUT2D eigenvalue weighted by Crippen LogP contribution is -2.15. The Morgan fingerprint density at radius 2 is 1.76 bits per heavy atom. The molecule has 0 N–H and O–H groups in total. The Kier molecular flexibility index (Phi) is 3.57. The molecule has 0 unspecified atom stereocenters. The summed E-state index contributed by atoms with van der Waals surface area (Å²) in [5, 5.41) is 9.28. The van der Waals surface area contributed by atoms with Crippen LogP contribution in [0.4, 0.5) is 4.39 Å². The number of hydrogen-bond donors (Lipinski definition) is 0. The molecule has 1 aliphatic heterocycles. The Labute approximate surface area is 121 Å². The number of nitrogens with zero attached hydrogens (tertiary/aromatic N) is 1. The second-order valence-electron chi connectivity index (χ2n) is 4.58. The van der Waals surface area contributed by atoms with Crippen molar-refractivity contribution in [2.45, 2.75) is 0 Å². The third-order valence-corrected chi connectivity index (χ3v) is 3.15. The smallest absolute Gasteiger partial charge is 0.161 e. The number of halogens is 1. The van der Waals surface area contributed by atoms with Crippen LogP contribution in [-0.4, -0.2) is 13.2 Å². The van der Waals surface area contributed by atoms with Gasteiger partial charge in [-0.2, -0.15) is 5.26 Å². The Bertz CT molecular complexity index is 729. The number of rotatable bonds is 2. The van der Waals surface area contributed by atoms with Gasteiger partial charge >= 0.3 is 0 Å². The molecule has 0 atom stereocenters. The van der Waals surface area contributed by atoms with E-state index in [4.69, 9.17) is 9.47 Å². The first kappa shape index (κ1) is 13.2. The minimum absolute atomic E-state index is 0.324. The van der Waals surface area contributed by atoms with Crippen LogP contribution in [-0.2, 0) is 0 Å². The van der Waals surface area contributed by atoms with Crippen molar-refractivity contribution in [3.63, 3.8) is 0 Å². The van der Waals surface area contributed by atoms with Crippen molar-refractivity contribution in [1.82, 2.24) is 0 Å². The maximum atomic E-state index is 12.9. The fraction of sp³-hybridized carbons (Fsp3) is 0.118. The van der Waals surface area contributed by atoms with Crippen LogP contribution >= 0.6 is 0 Å². The van der Waals surface area contributed by atoms with Crippen LogP contribution in [0, 0.1) is 17.1 Å². The summed E-state index contributed by atoms with van der Waals surface area (Å²) >= 11 is 0. The van der Waals surface area contributed by atoms with Crippen LogP contribution in [0.5, 0.6) is 11.5 Å². The molecule has 0 saturated heterocycles. The van der Waals surface area contributed by atoms with Gasteiger partial charge in [-0.1, -0.05) is 18.2 Å². The summed E-state index contributed by atoms with van der Waals surface area (Å²) in [7, 11) is 0. The predicted molar refractivity (Wildman–Crippen MR) is 77.3 cm³/mol. The van der Waals surface area contributed by atoms with Crippen molar-refractivity contribution in [2.75, 3.05) is 13.2 Å². The molecule has 4 heteroatoms. The van der Waals surface area contributed by atoms with Gasteiger partial charge in [0.1, 0.15) is 19.0 Å². The molecular weight excluding hydrogens is 269 g/mol. The Hall–Kier alpha value is -2.80. The third-order valence-electron chi connectivity index (χ3n) is 3.15. The molecule has 0 saturated carbocycles. The summed E-state index contributed by atoms with van der Waals surface area (Å²) < 4.78 is 23.9. The van der Waals surface area contributed by atoms with Crippen LogP contribution in [0.25, 0.3) is 11.6 Å². The first-order valence-corrected chi connectivity index (χ1v) is 6.53. The monoisotopic (exact) mass is 281 g/mol. The molecule has 3 nitrogen and oxygen atoms in total. The Morgan fingerprint density at radius 1 is 1.05 bits per heavy atom. The summed E-state index contributed by atoms with van der Waals surface area (Å²) in [5.74, 6) is 1.06. The lowest BCUT2D eigenvalue weighted by molar-refractivity contribution is 0.171. The van der Waals surface area contributed by atoms with Gasteiger partial charge in [-0.15, -0.1) is 0 Å². The van der Waals surface area contributed by atoms with Crippen molar-refractivity contribution in [3.05, 3.63) is 59.4 Å². The summed E-state index contributed by atoms with van der Waals surface area (Å²) in [6, 6.07) is 13.5. The average Bonchev–Trinajstić information content (AvgIpc) is 2.53. The van der Waals surface area contributed by atoms with E-state index in [0.29, 0.717) is 35.8 Å². The van der Waals surface area contributed by atoms with Gasteiger partial charge in [0.2, 0.25) is 0 Å². The van der Waals surface area contributed by atoms with E-state index in [1.807, 2.05) is 18.2 Å². The molecule has 2 aromatic carbocycles. The summed E-state index contributed by atoms with van der Waals surface area (Å²) in [6.45, 7) is 1.06. The molecule has 0 spiro atoms. The van der Waals surface area contributed by atoms with E-state index in [0.717, 1.165) is 5.56 Å². The summed E-state index contributed by atoms with van der Waals surface area (Å²) in [5.41, 5.74) is 1.97. The highest BCUT2D eigenvalue weighted by Crippen LogP contribution is 2.32. The highest BCUT2D eigenvalue weighted by atomic mass is 19.1. The van der Waals surface area contributed by atoms with Gasteiger partial charge in [0.15, 0.2) is 11.5 Å². The fourth-order valence-corrected chi connectivity index (χ4v) is 2.13. The second-order valence-corrected chi connectivity index (χ2v) is 4.58. The maximum absolute atomic E-state index is 12.9. The highest BCUT2D eigenvalue weighted by Gasteiger charge is 2.11. The van der Waals surface area contributed by atoms with Gasteiger partial charge in [0.05, 0.1) is 11.6 Å². The predicted octanol–water partition coefficient (Wildman–Crippen LogP) is 3.66. The van der Waals surface area contributed by atoms with E-state index in [1.54, 1.807) is 18.2 Å². The van der Waals surface area contributed by atoms with Crippen LogP contribution < -0.4 is 9.47 Å². The van der Waals surface area contributed by atoms with Gasteiger partial charge in [0.25, 0.3) is 0 Å². The van der Waals surface area contributed by atoms with Gasteiger partial charge in [-0.3, -0.25) is 0 Å². The van der Waals surface area contributed by atoms with Crippen molar-refractivity contribution >= 4 is 11.6 Å². The lowest BCUT2D eigenvalue weighted by atomic mass is 10.0. The van der Waals surface area contributed by atoms with E-state index in [-0.39, 0.29) is 5.82 Å². The third kappa shape index (κ3) is 2.87. The molecule has 3 rings (SSSR count). The van der Waals surface area contributed by atoms with E-state index in [1.165, 1.54) is 12.1 Å². The largest absolute Gasteiger partial charge is 0.486 e. The van der Waals surface area contributed by atoms with E-state index >= 15 is 0 Å². The maximum Gasteiger partial charge on any atom is 0.161 e. The minimum atomic E-state index is -0.324. The van der Waals surface area contributed by atoms with Gasteiger partial charge in [0, 0.05) is 0 Å². The van der Waals surface area contributed by atoms with Crippen molar-refractivity contribution < 1.29 is 13.9 Å². The molecule has 104 valence electrons. The average molecular weight is 281 g/mol. The van der Waals surface area contributed by atoms with Crippen LogP contribution in [0.15, 0.2) is 42.5 Å². The SMILES string of the molecule is N#CC(=Cc1ccc2c(c1)OCCO2)c1ccc(F)cc1. The highest BCUT2D eigenvalue weighted by molar-refractivity contribution is 5.89. The van der Waals surface area contributed by atoms with Crippen LogP contribution in [0.3, 0.4) is 0 Å². The summed E-state index contributed by atoms with van der Waals surface area (Å²) in [4.78, 5) is 0. The molecule has 0 fully saturated rings. The van der Waals surface area contributed by atoms with Crippen LogP contribution in [0.1, 0.15) is 11.1 Å². The van der Waals surface area contributed by atoms with E-state index in [2.05, 4.69) is 6.07 Å². The number of ether oxygens (including phenoxy) is 2. The van der Waals surface area contributed by atoms with Gasteiger partial charge < -0.3 is 9.47 Å². The summed E-state index contributed by atoms with van der Waals surface area (Å²) in [6.07, 6.45) is 1.74. The zero-order valence-corrected chi connectivity index (χ0v) is 11.2. The first-order chi connectivity index (χ1) is 10.3. The molecule has 0 radical (unpaired) electrons. The normalized spacial score (nSPS) is 13.6. The van der Waals surface area contributed by atoms with E-state index < -0.39 is 0 Å². The molecule has 21 heavy (non-hydrogen) atoms. The minimum Gasteiger partial charge on any atom is -0.486 e.